The fourth-order valence-electron chi connectivity index (χ4n) is 1.69. The van der Waals surface area contributed by atoms with Crippen LogP contribution in [0.15, 0.2) is 41.0 Å². The number of pyridine rings is 1. The first-order chi connectivity index (χ1) is 9.24. The van der Waals surface area contributed by atoms with E-state index in [9.17, 15) is 0 Å². The van der Waals surface area contributed by atoms with E-state index >= 15 is 0 Å². The number of halogens is 1. The van der Waals surface area contributed by atoms with Crippen molar-refractivity contribution in [2.45, 2.75) is 6.54 Å². The van der Waals surface area contributed by atoms with Crippen molar-refractivity contribution in [3.05, 3.63) is 52.1 Å². The van der Waals surface area contributed by atoms with Gasteiger partial charge in [-0.1, -0.05) is 18.2 Å². The van der Waals surface area contributed by atoms with Gasteiger partial charge < -0.3 is 10.1 Å². The summed E-state index contributed by atoms with van der Waals surface area (Å²) in [5.74, 6) is 1.38. The van der Waals surface area contributed by atoms with Gasteiger partial charge >= 0.3 is 0 Å². The van der Waals surface area contributed by atoms with Crippen LogP contribution < -0.4 is 10.1 Å². The molecule has 0 bridgehead atoms. The largest absolute Gasteiger partial charge is 0.496 e. The van der Waals surface area contributed by atoms with Crippen molar-refractivity contribution in [3.63, 3.8) is 0 Å². The van der Waals surface area contributed by atoms with Gasteiger partial charge in [-0.25, -0.2) is 4.98 Å². The molecule has 0 aliphatic carbocycles. The maximum atomic E-state index is 9.07. The van der Waals surface area contributed by atoms with E-state index in [0.29, 0.717) is 17.9 Å². The molecule has 2 rings (SSSR count). The third kappa shape index (κ3) is 3.24. The van der Waals surface area contributed by atoms with E-state index in [4.69, 9.17) is 10.00 Å². The SMILES string of the molecule is COc1ccccc1CNc1ncc(Br)cc1C#N. The van der Waals surface area contributed by atoms with Gasteiger partial charge in [0.05, 0.1) is 12.7 Å². The van der Waals surface area contributed by atoms with Gasteiger partial charge in [-0.3, -0.25) is 0 Å². The van der Waals surface area contributed by atoms with Gasteiger partial charge in [-0.05, 0) is 28.1 Å². The molecule has 1 heterocycles. The molecule has 0 unspecified atom stereocenters. The topological polar surface area (TPSA) is 57.9 Å². The van der Waals surface area contributed by atoms with Crippen LogP contribution in [0.2, 0.25) is 0 Å². The van der Waals surface area contributed by atoms with Crippen molar-refractivity contribution in [1.82, 2.24) is 4.98 Å². The summed E-state index contributed by atoms with van der Waals surface area (Å²) in [7, 11) is 1.64. The first-order valence-electron chi connectivity index (χ1n) is 5.66. The number of hydrogen-bond donors (Lipinski definition) is 1. The maximum Gasteiger partial charge on any atom is 0.144 e. The second-order valence-corrected chi connectivity index (χ2v) is 4.74. The van der Waals surface area contributed by atoms with Crippen molar-refractivity contribution in [1.29, 1.82) is 5.26 Å². The lowest BCUT2D eigenvalue weighted by Gasteiger charge is -2.10. The number of ether oxygens (including phenoxy) is 1. The van der Waals surface area contributed by atoms with Crippen LogP contribution in [-0.4, -0.2) is 12.1 Å². The zero-order valence-corrected chi connectivity index (χ0v) is 11.9. The van der Waals surface area contributed by atoms with Gasteiger partial charge in [-0.15, -0.1) is 0 Å². The summed E-state index contributed by atoms with van der Waals surface area (Å²) < 4.78 is 6.06. The zero-order valence-electron chi connectivity index (χ0n) is 10.4. The molecule has 0 spiro atoms. The molecule has 1 aromatic heterocycles. The normalized spacial score (nSPS) is 9.74. The number of nitrogens with zero attached hydrogens (tertiary/aromatic N) is 2. The lowest BCUT2D eigenvalue weighted by atomic mass is 10.2. The summed E-state index contributed by atoms with van der Waals surface area (Å²) >= 11 is 3.29. The summed E-state index contributed by atoms with van der Waals surface area (Å²) in [6, 6.07) is 11.6. The molecular formula is C14H12BrN3O. The van der Waals surface area contributed by atoms with E-state index in [1.54, 1.807) is 19.4 Å². The van der Waals surface area contributed by atoms with Crippen molar-refractivity contribution >= 4 is 21.7 Å². The zero-order chi connectivity index (χ0) is 13.7. The number of nitrogens with one attached hydrogen (secondary N) is 1. The highest BCUT2D eigenvalue weighted by atomic mass is 79.9. The van der Waals surface area contributed by atoms with E-state index in [1.165, 1.54) is 0 Å². The number of methoxy groups -OCH3 is 1. The van der Waals surface area contributed by atoms with Gasteiger partial charge in [-0.2, -0.15) is 5.26 Å². The molecule has 0 aliphatic heterocycles. The minimum absolute atomic E-state index is 0.504. The molecule has 1 aromatic carbocycles. The Bertz CT molecular complexity index is 622. The summed E-state index contributed by atoms with van der Waals surface area (Å²) in [5.41, 5.74) is 1.52. The molecular weight excluding hydrogens is 306 g/mol. The number of rotatable bonds is 4. The van der Waals surface area contributed by atoms with Gasteiger partial charge in [0.25, 0.3) is 0 Å². The number of hydrogen-bond acceptors (Lipinski definition) is 4. The Balaban J connectivity index is 2.17. The second-order valence-electron chi connectivity index (χ2n) is 3.83. The maximum absolute atomic E-state index is 9.07. The average molecular weight is 318 g/mol. The van der Waals surface area contributed by atoms with Crippen LogP contribution in [-0.2, 0) is 6.54 Å². The Morgan fingerprint density at radius 2 is 2.21 bits per heavy atom. The lowest BCUT2D eigenvalue weighted by Crippen LogP contribution is -2.04. The van der Waals surface area contributed by atoms with Crippen molar-refractivity contribution in [2.75, 3.05) is 12.4 Å². The van der Waals surface area contributed by atoms with Crippen LogP contribution in [0.4, 0.5) is 5.82 Å². The third-order valence-electron chi connectivity index (χ3n) is 2.61. The summed E-state index contributed by atoms with van der Waals surface area (Å²) in [4.78, 5) is 4.20. The smallest absolute Gasteiger partial charge is 0.144 e. The number of nitriles is 1. The highest BCUT2D eigenvalue weighted by Gasteiger charge is 2.06. The van der Waals surface area contributed by atoms with E-state index in [0.717, 1.165) is 15.8 Å². The third-order valence-corrected chi connectivity index (χ3v) is 3.05. The Labute approximate surface area is 120 Å². The Morgan fingerprint density at radius 3 is 2.95 bits per heavy atom. The Morgan fingerprint density at radius 1 is 1.42 bits per heavy atom. The molecule has 0 fully saturated rings. The van der Waals surface area contributed by atoms with Gasteiger partial charge in [0.2, 0.25) is 0 Å². The van der Waals surface area contributed by atoms with E-state index < -0.39 is 0 Å². The molecule has 19 heavy (non-hydrogen) atoms. The molecule has 5 heteroatoms. The molecule has 0 amide bonds. The van der Waals surface area contributed by atoms with Crippen LogP contribution in [0.1, 0.15) is 11.1 Å². The second kappa shape index (κ2) is 6.21. The molecule has 1 N–H and O–H groups in total. The summed E-state index contributed by atoms with van der Waals surface area (Å²) in [5, 5.41) is 12.2. The monoisotopic (exact) mass is 317 g/mol. The average Bonchev–Trinajstić information content (AvgIpc) is 2.46. The molecule has 96 valence electrons. The minimum atomic E-state index is 0.504. The summed E-state index contributed by atoms with van der Waals surface area (Å²) in [6.45, 7) is 0.549. The molecule has 0 saturated heterocycles. The quantitative estimate of drug-likeness (QED) is 0.939. The first-order valence-corrected chi connectivity index (χ1v) is 6.45. The van der Waals surface area contributed by atoms with Gasteiger partial charge in [0, 0.05) is 22.8 Å². The first kappa shape index (κ1) is 13.4. The van der Waals surface area contributed by atoms with Crippen LogP contribution in [0.25, 0.3) is 0 Å². The van der Waals surface area contributed by atoms with E-state index in [1.807, 2.05) is 24.3 Å². The van der Waals surface area contributed by atoms with Crippen LogP contribution in [0, 0.1) is 11.3 Å². The van der Waals surface area contributed by atoms with Crippen LogP contribution in [0.5, 0.6) is 5.75 Å². The fraction of sp³-hybridized carbons (Fsp3) is 0.143. The van der Waals surface area contributed by atoms with Crippen LogP contribution >= 0.6 is 15.9 Å². The van der Waals surface area contributed by atoms with Crippen molar-refractivity contribution in [2.24, 2.45) is 0 Å². The Kier molecular flexibility index (Phi) is 4.37. The highest BCUT2D eigenvalue weighted by molar-refractivity contribution is 9.10. The molecule has 0 radical (unpaired) electrons. The van der Waals surface area contributed by atoms with Crippen molar-refractivity contribution in [3.8, 4) is 11.8 Å². The molecule has 2 aromatic rings. The van der Waals surface area contributed by atoms with Crippen molar-refractivity contribution < 1.29 is 4.74 Å². The highest BCUT2D eigenvalue weighted by Crippen LogP contribution is 2.21. The van der Waals surface area contributed by atoms with Crippen LogP contribution in [0.3, 0.4) is 0 Å². The molecule has 0 aliphatic rings. The summed E-state index contributed by atoms with van der Waals surface area (Å²) in [6.07, 6.45) is 1.66. The number of anilines is 1. The predicted octanol–water partition coefficient (Wildman–Crippen LogP) is 3.34. The minimum Gasteiger partial charge on any atom is -0.496 e. The predicted molar refractivity (Wildman–Crippen MR) is 77.0 cm³/mol. The molecule has 0 saturated carbocycles. The van der Waals surface area contributed by atoms with Gasteiger partial charge in [0.1, 0.15) is 17.6 Å². The van der Waals surface area contributed by atoms with Gasteiger partial charge in [0.15, 0.2) is 0 Å². The molecule has 4 nitrogen and oxygen atoms in total. The molecule has 0 atom stereocenters. The number of aromatic nitrogens is 1. The number of benzene rings is 1. The van der Waals surface area contributed by atoms with E-state index in [2.05, 4.69) is 32.3 Å². The Hall–Kier alpha value is -2.06. The fourth-order valence-corrected chi connectivity index (χ4v) is 2.02. The lowest BCUT2D eigenvalue weighted by molar-refractivity contribution is 0.410. The standard InChI is InChI=1S/C14H12BrN3O/c1-19-13-5-3-2-4-10(13)8-17-14-11(7-16)6-12(15)9-18-14/h2-6,9H,8H2,1H3,(H,17,18). The van der Waals surface area contributed by atoms with E-state index in [-0.39, 0.29) is 0 Å². The number of para-hydroxylation sites is 1.